The average Bonchev–Trinajstić information content (AvgIpc) is 2.64. The van der Waals surface area contributed by atoms with Crippen LogP contribution in [0.3, 0.4) is 0 Å². The molecule has 24 heavy (non-hydrogen) atoms. The number of nitrogens with zero attached hydrogens (tertiary/aromatic N) is 1. The molecule has 2 rings (SSSR count). The summed E-state index contributed by atoms with van der Waals surface area (Å²) in [5.74, 6) is -0.370. The zero-order valence-electron chi connectivity index (χ0n) is 13.8. The van der Waals surface area contributed by atoms with Crippen molar-refractivity contribution in [2.75, 3.05) is 6.61 Å². The molecular formula is C21H21NO2. The van der Waals surface area contributed by atoms with Crippen LogP contribution in [0.15, 0.2) is 72.8 Å². The van der Waals surface area contributed by atoms with E-state index in [1.54, 1.807) is 6.92 Å². The SMILES string of the molecule is CCOC(=O)/C=C/C(CCC#N)(c1ccccc1)c1ccccc1. The van der Waals surface area contributed by atoms with Gasteiger partial charge in [0, 0.05) is 17.9 Å². The fraction of sp³-hybridized carbons (Fsp3) is 0.238. The highest BCUT2D eigenvalue weighted by molar-refractivity contribution is 5.82. The number of esters is 1. The topological polar surface area (TPSA) is 50.1 Å². The molecule has 3 heteroatoms. The number of hydrogen-bond donors (Lipinski definition) is 0. The van der Waals surface area contributed by atoms with Crippen LogP contribution in [0.2, 0.25) is 0 Å². The molecule has 0 bridgehead atoms. The van der Waals surface area contributed by atoms with Gasteiger partial charge in [-0.15, -0.1) is 0 Å². The molecule has 2 aromatic carbocycles. The first kappa shape index (κ1) is 17.5. The summed E-state index contributed by atoms with van der Waals surface area (Å²) in [4.78, 5) is 11.9. The van der Waals surface area contributed by atoms with Gasteiger partial charge in [-0.05, 0) is 24.5 Å². The van der Waals surface area contributed by atoms with Crippen molar-refractivity contribution in [2.24, 2.45) is 0 Å². The van der Waals surface area contributed by atoms with Gasteiger partial charge in [0.05, 0.1) is 12.7 Å². The Labute approximate surface area is 143 Å². The highest BCUT2D eigenvalue weighted by Crippen LogP contribution is 2.38. The lowest BCUT2D eigenvalue weighted by Crippen LogP contribution is -2.25. The van der Waals surface area contributed by atoms with E-state index in [0.717, 1.165) is 11.1 Å². The molecule has 2 aromatic rings. The summed E-state index contributed by atoms with van der Waals surface area (Å²) in [5.41, 5.74) is 1.56. The smallest absolute Gasteiger partial charge is 0.330 e. The number of hydrogen-bond acceptors (Lipinski definition) is 3. The molecule has 0 heterocycles. The number of nitriles is 1. The third-order valence-corrected chi connectivity index (χ3v) is 4.00. The van der Waals surface area contributed by atoms with Crippen LogP contribution in [0.1, 0.15) is 30.9 Å². The molecule has 0 saturated carbocycles. The van der Waals surface area contributed by atoms with Crippen molar-refractivity contribution in [3.8, 4) is 6.07 Å². The third-order valence-electron chi connectivity index (χ3n) is 4.00. The minimum Gasteiger partial charge on any atom is -0.463 e. The van der Waals surface area contributed by atoms with Crippen LogP contribution in [-0.4, -0.2) is 12.6 Å². The fourth-order valence-electron chi connectivity index (χ4n) is 2.86. The van der Waals surface area contributed by atoms with Crippen molar-refractivity contribution in [3.63, 3.8) is 0 Å². The maximum atomic E-state index is 11.9. The van der Waals surface area contributed by atoms with Crippen molar-refractivity contribution in [3.05, 3.63) is 83.9 Å². The van der Waals surface area contributed by atoms with E-state index < -0.39 is 5.41 Å². The first-order valence-corrected chi connectivity index (χ1v) is 8.07. The molecule has 0 aliphatic carbocycles. The molecule has 0 radical (unpaired) electrons. The molecule has 122 valence electrons. The second-order valence-corrected chi connectivity index (χ2v) is 5.45. The predicted molar refractivity (Wildman–Crippen MR) is 94.3 cm³/mol. The van der Waals surface area contributed by atoms with Crippen LogP contribution < -0.4 is 0 Å². The summed E-state index contributed by atoms with van der Waals surface area (Å²) in [6.45, 7) is 2.12. The molecule has 0 aliphatic rings. The summed E-state index contributed by atoms with van der Waals surface area (Å²) >= 11 is 0. The Morgan fingerprint density at radius 3 is 2.08 bits per heavy atom. The summed E-state index contributed by atoms with van der Waals surface area (Å²) in [7, 11) is 0. The van der Waals surface area contributed by atoms with Crippen LogP contribution in [0.4, 0.5) is 0 Å². The van der Waals surface area contributed by atoms with Gasteiger partial charge in [-0.1, -0.05) is 66.7 Å². The standard InChI is InChI=1S/C21H21NO2/c1-2-24-20(23)14-16-21(15-9-17-22,18-10-5-3-6-11-18)19-12-7-4-8-13-19/h3-8,10-14,16H,2,9,15H2,1H3/b16-14+. The lowest BCUT2D eigenvalue weighted by atomic mass is 9.71. The maximum Gasteiger partial charge on any atom is 0.330 e. The molecule has 0 unspecified atom stereocenters. The Bertz CT molecular complexity index is 675. The molecule has 0 fully saturated rings. The van der Waals surface area contributed by atoms with Gasteiger partial charge in [0.25, 0.3) is 0 Å². The quantitative estimate of drug-likeness (QED) is 0.561. The van der Waals surface area contributed by atoms with Gasteiger partial charge in [0.1, 0.15) is 0 Å². The number of allylic oxidation sites excluding steroid dienone is 1. The van der Waals surface area contributed by atoms with Gasteiger partial charge in [0.15, 0.2) is 0 Å². The van der Waals surface area contributed by atoms with Crippen LogP contribution >= 0.6 is 0 Å². The predicted octanol–water partition coefficient (Wildman–Crippen LogP) is 4.40. The van der Waals surface area contributed by atoms with Crippen molar-refractivity contribution in [1.29, 1.82) is 5.26 Å². The highest BCUT2D eigenvalue weighted by Gasteiger charge is 2.31. The molecule has 0 atom stereocenters. The summed E-state index contributed by atoms with van der Waals surface area (Å²) < 4.78 is 5.02. The van der Waals surface area contributed by atoms with Crippen molar-refractivity contribution in [1.82, 2.24) is 0 Å². The van der Waals surface area contributed by atoms with E-state index in [-0.39, 0.29) is 5.97 Å². The summed E-state index contributed by atoms with van der Waals surface area (Å²) in [6, 6.07) is 22.1. The normalized spacial score (nSPS) is 11.2. The van der Waals surface area contributed by atoms with Gasteiger partial charge >= 0.3 is 5.97 Å². The lowest BCUT2D eigenvalue weighted by Gasteiger charge is -2.31. The Hall–Kier alpha value is -2.86. The van der Waals surface area contributed by atoms with Gasteiger partial charge in [-0.25, -0.2) is 4.79 Å². The Balaban J connectivity index is 2.56. The van der Waals surface area contributed by atoms with Crippen LogP contribution in [0.25, 0.3) is 0 Å². The van der Waals surface area contributed by atoms with E-state index in [9.17, 15) is 4.79 Å². The fourth-order valence-corrected chi connectivity index (χ4v) is 2.86. The monoisotopic (exact) mass is 319 g/mol. The zero-order chi connectivity index (χ0) is 17.3. The van der Waals surface area contributed by atoms with Crippen molar-refractivity contribution >= 4 is 5.97 Å². The minimum atomic E-state index is -0.537. The number of rotatable bonds is 7. The highest BCUT2D eigenvalue weighted by atomic mass is 16.5. The first-order valence-electron chi connectivity index (χ1n) is 8.07. The van der Waals surface area contributed by atoms with Crippen LogP contribution in [0.5, 0.6) is 0 Å². The molecule has 0 saturated heterocycles. The second kappa shape index (κ2) is 8.69. The van der Waals surface area contributed by atoms with Gasteiger partial charge in [-0.3, -0.25) is 0 Å². The zero-order valence-corrected chi connectivity index (χ0v) is 13.8. The van der Waals surface area contributed by atoms with Crippen molar-refractivity contribution in [2.45, 2.75) is 25.2 Å². The van der Waals surface area contributed by atoms with E-state index in [0.29, 0.717) is 19.4 Å². The molecule has 0 aromatic heterocycles. The summed E-state index contributed by atoms with van der Waals surface area (Å²) in [6.07, 6.45) is 4.32. The number of benzene rings is 2. The van der Waals surface area contributed by atoms with E-state index >= 15 is 0 Å². The van der Waals surface area contributed by atoms with E-state index in [1.807, 2.05) is 66.7 Å². The van der Waals surface area contributed by atoms with Gasteiger partial charge in [-0.2, -0.15) is 5.26 Å². The molecular weight excluding hydrogens is 298 g/mol. The maximum absolute atomic E-state index is 11.9. The van der Waals surface area contributed by atoms with Crippen LogP contribution in [0, 0.1) is 11.3 Å². The Morgan fingerprint density at radius 1 is 1.08 bits per heavy atom. The van der Waals surface area contributed by atoms with E-state index in [1.165, 1.54) is 6.08 Å². The number of ether oxygens (including phenoxy) is 1. The van der Waals surface area contributed by atoms with E-state index in [4.69, 9.17) is 10.00 Å². The number of carbonyl (C=O) groups excluding carboxylic acids is 1. The van der Waals surface area contributed by atoms with Crippen LogP contribution in [-0.2, 0) is 14.9 Å². The Kier molecular flexibility index (Phi) is 6.33. The summed E-state index contributed by atoms with van der Waals surface area (Å²) in [5, 5.41) is 9.12. The number of carbonyl (C=O) groups is 1. The molecule has 0 N–H and O–H groups in total. The molecule has 0 aliphatic heterocycles. The molecule has 0 amide bonds. The first-order chi connectivity index (χ1) is 11.7. The van der Waals surface area contributed by atoms with E-state index in [2.05, 4.69) is 6.07 Å². The van der Waals surface area contributed by atoms with Gasteiger partial charge in [0.2, 0.25) is 0 Å². The van der Waals surface area contributed by atoms with Gasteiger partial charge < -0.3 is 4.74 Å². The largest absolute Gasteiger partial charge is 0.463 e. The molecule has 3 nitrogen and oxygen atoms in total. The lowest BCUT2D eigenvalue weighted by molar-refractivity contribution is -0.137. The minimum absolute atomic E-state index is 0.338. The third kappa shape index (κ3) is 4.11. The second-order valence-electron chi connectivity index (χ2n) is 5.45. The Morgan fingerprint density at radius 2 is 1.62 bits per heavy atom. The van der Waals surface area contributed by atoms with Crippen molar-refractivity contribution < 1.29 is 9.53 Å². The molecule has 0 spiro atoms. The average molecular weight is 319 g/mol.